The number of carboxylic acid groups (broad SMARTS) is 1. The molecule has 0 radical (unpaired) electrons. The van der Waals surface area contributed by atoms with Crippen LogP contribution in [0.25, 0.3) is 0 Å². The van der Waals surface area contributed by atoms with Crippen molar-refractivity contribution in [1.82, 2.24) is 0 Å². The van der Waals surface area contributed by atoms with E-state index in [1.165, 1.54) is 6.07 Å². The summed E-state index contributed by atoms with van der Waals surface area (Å²) in [4.78, 5) is 11.0. The zero-order valence-corrected chi connectivity index (χ0v) is 10.1. The molecule has 1 aromatic carbocycles. The van der Waals surface area contributed by atoms with Crippen LogP contribution in [0.2, 0.25) is 0 Å². The third-order valence-corrected chi connectivity index (χ3v) is 3.13. The first-order valence-electron chi connectivity index (χ1n) is 5.99. The van der Waals surface area contributed by atoms with Gasteiger partial charge in [0.25, 0.3) is 0 Å². The molecule has 0 aromatic heterocycles. The van der Waals surface area contributed by atoms with Crippen molar-refractivity contribution in [3.8, 4) is 0 Å². The third kappa shape index (κ3) is 2.61. The molecule has 0 amide bonds. The van der Waals surface area contributed by atoms with Gasteiger partial charge in [0.05, 0.1) is 11.8 Å². The van der Waals surface area contributed by atoms with E-state index in [1.54, 1.807) is 6.07 Å². The fourth-order valence-corrected chi connectivity index (χ4v) is 2.20. The maximum atomic E-state index is 13.5. The first kappa shape index (κ1) is 12.8. The van der Waals surface area contributed by atoms with Crippen LogP contribution >= 0.6 is 0 Å². The molecule has 0 bridgehead atoms. The highest BCUT2D eigenvalue weighted by atomic mass is 19.1. The van der Waals surface area contributed by atoms with Crippen LogP contribution in [-0.4, -0.2) is 29.8 Å². The van der Waals surface area contributed by atoms with Gasteiger partial charge >= 0.3 is 5.97 Å². The molecule has 1 aromatic rings. The van der Waals surface area contributed by atoms with E-state index in [1.807, 2.05) is 6.92 Å². The smallest absolute Gasteiger partial charge is 0.340 e. The van der Waals surface area contributed by atoms with Crippen molar-refractivity contribution < 1.29 is 19.0 Å². The molecule has 0 saturated carbocycles. The van der Waals surface area contributed by atoms with Gasteiger partial charge in [-0.2, -0.15) is 0 Å². The van der Waals surface area contributed by atoms with Crippen LogP contribution in [0.5, 0.6) is 0 Å². The Balaban J connectivity index is 2.17. The normalized spacial score (nSPS) is 20.7. The maximum absolute atomic E-state index is 13.5. The van der Waals surface area contributed by atoms with Crippen molar-refractivity contribution >= 4 is 11.7 Å². The molecule has 0 spiro atoms. The van der Waals surface area contributed by atoms with Crippen molar-refractivity contribution in [3.63, 3.8) is 0 Å². The molecule has 98 valence electrons. The summed E-state index contributed by atoms with van der Waals surface area (Å²) in [6.07, 6.45) is 1.99. The number of hydrogen-bond acceptors (Lipinski definition) is 3. The average molecular weight is 253 g/mol. The SMILES string of the molecule is CC(Nc1cccc(F)c1C(=O)O)C1CCCO1. The zero-order valence-electron chi connectivity index (χ0n) is 10.1. The molecule has 0 aliphatic carbocycles. The number of rotatable bonds is 4. The van der Waals surface area contributed by atoms with Gasteiger partial charge < -0.3 is 15.2 Å². The number of aromatic carboxylic acids is 1. The van der Waals surface area contributed by atoms with Crippen molar-refractivity contribution in [3.05, 3.63) is 29.6 Å². The van der Waals surface area contributed by atoms with Crippen LogP contribution in [0.4, 0.5) is 10.1 Å². The van der Waals surface area contributed by atoms with Gasteiger partial charge in [-0.3, -0.25) is 0 Å². The summed E-state index contributed by atoms with van der Waals surface area (Å²) in [7, 11) is 0. The number of carboxylic acids is 1. The number of nitrogens with one attached hydrogen (secondary N) is 1. The molecule has 18 heavy (non-hydrogen) atoms. The van der Waals surface area contributed by atoms with E-state index >= 15 is 0 Å². The van der Waals surface area contributed by atoms with E-state index in [0.717, 1.165) is 25.5 Å². The molecule has 1 aliphatic heterocycles. The second-order valence-electron chi connectivity index (χ2n) is 4.45. The Morgan fingerprint density at radius 1 is 1.61 bits per heavy atom. The Hall–Kier alpha value is -1.62. The van der Waals surface area contributed by atoms with Crippen molar-refractivity contribution in [1.29, 1.82) is 0 Å². The minimum Gasteiger partial charge on any atom is -0.478 e. The predicted molar refractivity (Wildman–Crippen MR) is 65.4 cm³/mol. The minimum atomic E-state index is -1.27. The highest BCUT2D eigenvalue weighted by Gasteiger charge is 2.24. The topological polar surface area (TPSA) is 58.6 Å². The van der Waals surface area contributed by atoms with E-state index < -0.39 is 11.8 Å². The fraction of sp³-hybridized carbons (Fsp3) is 0.462. The van der Waals surface area contributed by atoms with E-state index in [4.69, 9.17) is 9.84 Å². The second-order valence-corrected chi connectivity index (χ2v) is 4.45. The summed E-state index contributed by atoms with van der Waals surface area (Å²) < 4.78 is 19.0. The number of anilines is 1. The molecule has 2 N–H and O–H groups in total. The molecule has 1 fully saturated rings. The van der Waals surface area contributed by atoms with Gasteiger partial charge in [0.15, 0.2) is 0 Å². The zero-order chi connectivity index (χ0) is 13.1. The van der Waals surface area contributed by atoms with Gasteiger partial charge in [-0.15, -0.1) is 0 Å². The lowest BCUT2D eigenvalue weighted by molar-refractivity contribution is 0.0692. The number of hydrogen-bond donors (Lipinski definition) is 2. The minimum absolute atomic E-state index is 0.0487. The summed E-state index contributed by atoms with van der Waals surface area (Å²) in [5.41, 5.74) is -0.0205. The number of benzene rings is 1. The number of ether oxygens (including phenoxy) is 1. The molecule has 5 heteroatoms. The Morgan fingerprint density at radius 2 is 2.39 bits per heavy atom. The first-order chi connectivity index (χ1) is 8.59. The predicted octanol–water partition coefficient (Wildman–Crippen LogP) is 2.50. The lowest BCUT2D eigenvalue weighted by atomic mass is 10.1. The molecule has 1 heterocycles. The summed E-state index contributed by atoms with van der Waals surface area (Å²) in [6.45, 7) is 2.64. The largest absolute Gasteiger partial charge is 0.478 e. The molecule has 1 aliphatic rings. The van der Waals surface area contributed by atoms with Gasteiger partial charge in [-0.05, 0) is 31.9 Å². The Bertz CT molecular complexity index is 444. The lowest BCUT2D eigenvalue weighted by Crippen LogP contribution is -2.30. The van der Waals surface area contributed by atoms with E-state index in [0.29, 0.717) is 5.69 Å². The monoisotopic (exact) mass is 253 g/mol. The standard InChI is InChI=1S/C13H16FNO3/c1-8(11-6-3-7-18-11)15-10-5-2-4-9(14)12(10)13(16)17/h2,4-5,8,11,15H,3,6-7H2,1H3,(H,16,17). The molecule has 1 saturated heterocycles. The van der Waals surface area contributed by atoms with Gasteiger partial charge in [0.1, 0.15) is 11.4 Å². The fourth-order valence-electron chi connectivity index (χ4n) is 2.20. The summed E-state index contributed by atoms with van der Waals surface area (Å²) in [6, 6.07) is 4.16. The summed E-state index contributed by atoms with van der Waals surface area (Å²) >= 11 is 0. The molecule has 4 nitrogen and oxygen atoms in total. The van der Waals surface area contributed by atoms with Gasteiger partial charge in [0, 0.05) is 12.6 Å². The third-order valence-electron chi connectivity index (χ3n) is 3.13. The molecule has 2 atom stereocenters. The van der Waals surface area contributed by atoms with Crippen LogP contribution in [0.15, 0.2) is 18.2 Å². The van der Waals surface area contributed by atoms with Crippen LogP contribution in [0.3, 0.4) is 0 Å². The highest BCUT2D eigenvalue weighted by molar-refractivity contribution is 5.94. The highest BCUT2D eigenvalue weighted by Crippen LogP contribution is 2.23. The first-order valence-corrected chi connectivity index (χ1v) is 5.99. The van der Waals surface area contributed by atoms with E-state index in [-0.39, 0.29) is 17.7 Å². The summed E-state index contributed by atoms with van der Waals surface area (Å²) in [5, 5.41) is 12.0. The average Bonchev–Trinajstić information content (AvgIpc) is 2.81. The van der Waals surface area contributed by atoms with Gasteiger partial charge in [-0.1, -0.05) is 6.07 Å². The summed E-state index contributed by atoms with van der Waals surface area (Å²) in [5.74, 6) is -2.00. The van der Waals surface area contributed by atoms with E-state index in [9.17, 15) is 9.18 Å². The second kappa shape index (κ2) is 5.35. The molecule has 2 unspecified atom stereocenters. The maximum Gasteiger partial charge on any atom is 0.340 e. The van der Waals surface area contributed by atoms with Crippen LogP contribution in [-0.2, 0) is 4.74 Å². The quantitative estimate of drug-likeness (QED) is 0.865. The van der Waals surface area contributed by atoms with Gasteiger partial charge in [0.2, 0.25) is 0 Å². The van der Waals surface area contributed by atoms with E-state index in [2.05, 4.69) is 5.32 Å². The van der Waals surface area contributed by atoms with Crippen molar-refractivity contribution in [2.45, 2.75) is 31.9 Å². The van der Waals surface area contributed by atoms with Gasteiger partial charge in [-0.25, -0.2) is 9.18 Å². The lowest BCUT2D eigenvalue weighted by Gasteiger charge is -2.22. The Labute approximate surface area is 105 Å². The number of halogens is 1. The van der Waals surface area contributed by atoms with Crippen LogP contribution in [0, 0.1) is 5.82 Å². The van der Waals surface area contributed by atoms with Crippen LogP contribution in [0.1, 0.15) is 30.1 Å². The number of carbonyl (C=O) groups is 1. The molecular formula is C13H16FNO3. The van der Waals surface area contributed by atoms with Crippen LogP contribution < -0.4 is 5.32 Å². The molecular weight excluding hydrogens is 237 g/mol. The Morgan fingerprint density at radius 3 is 3.00 bits per heavy atom. The Kier molecular flexibility index (Phi) is 3.81. The van der Waals surface area contributed by atoms with Crippen molar-refractivity contribution in [2.75, 3.05) is 11.9 Å². The molecule has 2 rings (SSSR count). The van der Waals surface area contributed by atoms with Crippen molar-refractivity contribution in [2.24, 2.45) is 0 Å².